The van der Waals surface area contributed by atoms with Gasteiger partial charge in [-0.3, -0.25) is 5.10 Å². The summed E-state index contributed by atoms with van der Waals surface area (Å²) in [5, 5.41) is 15.4. The first-order valence-corrected chi connectivity index (χ1v) is 5.57. The number of hydrogen-bond donors (Lipinski definition) is 2. The fourth-order valence-corrected chi connectivity index (χ4v) is 2.03. The Morgan fingerprint density at radius 1 is 1.35 bits per heavy atom. The van der Waals surface area contributed by atoms with Gasteiger partial charge < -0.3 is 5.11 Å². The summed E-state index contributed by atoms with van der Waals surface area (Å²) in [6, 6.07) is 2.18. The molecule has 0 aliphatic carbocycles. The van der Waals surface area contributed by atoms with Crippen molar-refractivity contribution in [3.63, 3.8) is 0 Å². The molecule has 7 heteroatoms. The summed E-state index contributed by atoms with van der Waals surface area (Å²) in [4.78, 5) is 3.76. The van der Waals surface area contributed by atoms with Crippen molar-refractivity contribution in [1.82, 2.24) is 15.2 Å². The van der Waals surface area contributed by atoms with E-state index < -0.39 is 18.2 Å². The lowest BCUT2D eigenvalue weighted by molar-refractivity contribution is 0.280. The molecule has 17 heavy (non-hydrogen) atoms. The molecule has 1 aromatic heterocycles. The van der Waals surface area contributed by atoms with E-state index in [2.05, 4.69) is 15.2 Å². The molecule has 0 spiro atoms. The molecular weight excluding hydrogens is 248 g/mol. The maximum Gasteiger partial charge on any atom is 0.213 e. The fourth-order valence-electron chi connectivity index (χ4n) is 1.26. The summed E-state index contributed by atoms with van der Waals surface area (Å²) in [5.74, 6) is -0.900. The fraction of sp³-hybridized carbons (Fsp3) is 0.200. The van der Waals surface area contributed by atoms with Gasteiger partial charge in [0.25, 0.3) is 0 Å². The lowest BCUT2D eigenvalue weighted by atomic mass is 10.2. The predicted molar refractivity (Wildman–Crippen MR) is 57.5 cm³/mol. The van der Waals surface area contributed by atoms with Crippen LogP contribution in [0.2, 0.25) is 0 Å². The molecule has 0 radical (unpaired) electrons. The van der Waals surface area contributed by atoms with Crippen LogP contribution in [0, 0.1) is 18.6 Å². The Kier molecular flexibility index (Phi) is 3.39. The number of aromatic nitrogens is 3. The van der Waals surface area contributed by atoms with Crippen molar-refractivity contribution >= 4 is 11.8 Å². The van der Waals surface area contributed by atoms with Gasteiger partial charge in [-0.05, 0) is 36.4 Å². The second-order valence-electron chi connectivity index (χ2n) is 3.35. The van der Waals surface area contributed by atoms with Gasteiger partial charge in [0.1, 0.15) is 17.5 Å². The van der Waals surface area contributed by atoms with Crippen LogP contribution in [-0.4, -0.2) is 20.3 Å². The summed E-state index contributed by atoms with van der Waals surface area (Å²) in [6.45, 7) is 1.29. The summed E-state index contributed by atoms with van der Waals surface area (Å²) in [5.41, 5.74) is 0.190. The molecule has 2 aromatic rings. The van der Waals surface area contributed by atoms with Crippen LogP contribution in [0.3, 0.4) is 0 Å². The lowest BCUT2D eigenvalue weighted by Gasteiger charge is -2.04. The molecule has 1 aromatic carbocycles. The normalized spacial score (nSPS) is 10.8. The number of nitrogens with zero attached hydrogens (tertiary/aromatic N) is 2. The average molecular weight is 257 g/mol. The number of aliphatic hydroxyl groups excluding tert-OH is 1. The zero-order valence-corrected chi connectivity index (χ0v) is 9.68. The van der Waals surface area contributed by atoms with Crippen molar-refractivity contribution in [3.8, 4) is 0 Å². The van der Waals surface area contributed by atoms with Gasteiger partial charge in [0.15, 0.2) is 0 Å². The smallest absolute Gasteiger partial charge is 0.213 e. The molecule has 2 rings (SSSR count). The first-order valence-electron chi connectivity index (χ1n) is 4.76. The molecule has 90 valence electrons. The SMILES string of the molecule is Cc1nc(Sc2c(F)cc(CO)cc2F)n[nH]1. The first-order chi connectivity index (χ1) is 8.10. The second kappa shape index (κ2) is 4.80. The monoisotopic (exact) mass is 257 g/mol. The van der Waals surface area contributed by atoms with Gasteiger partial charge in [-0.15, -0.1) is 5.10 Å². The highest BCUT2D eigenvalue weighted by Gasteiger charge is 2.14. The van der Waals surface area contributed by atoms with Gasteiger partial charge in [0, 0.05) is 0 Å². The summed E-state index contributed by atoms with van der Waals surface area (Å²) in [6.07, 6.45) is 0. The Morgan fingerprint density at radius 2 is 2.00 bits per heavy atom. The number of benzene rings is 1. The molecule has 0 fully saturated rings. The van der Waals surface area contributed by atoms with E-state index in [-0.39, 0.29) is 15.6 Å². The Bertz CT molecular complexity index is 521. The standard InChI is InChI=1S/C10H9F2N3OS/c1-5-13-10(15-14-5)17-9-7(11)2-6(4-16)3-8(9)12/h2-3,16H,4H2,1H3,(H,13,14,15). The van der Waals surface area contributed by atoms with Crippen molar-refractivity contribution in [1.29, 1.82) is 0 Å². The maximum absolute atomic E-state index is 13.6. The van der Waals surface area contributed by atoms with Crippen molar-refractivity contribution in [2.24, 2.45) is 0 Å². The predicted octanol–water partition coefficient (Wildman–Crippen LogP) is 2.03. The minimum Gasteiger partial charge on any atom is -0.392 e. The molecule has 0 aliphatic rings. The highest BCUT2D eigenvalue weighted by Crippen LogP contribution is 2.30. The Labute approximate surface area is 100 Å². The second-order valence-corrected chi connectivity index (χ2v) is 4.33. The summed E-state index contributed by atoms with van der Waals surface area (Å²) < 4.78 is 27.1. The van der Waals surface area contributed by atoms with Gasteiger partial charge in [-0.1, -0.05) is 0 Å². The lowest BCUT2D eigenvalue weighted by Crippen LogP contribution is -1.93. The molecule has 0 saturated heterocycles. The van der Waals surface area contributed by atoms with Crippen LogP contribution in [0.1, 0.15) is 11.4 Å². The first kappa shape index (κ1) is 12.0. The number of H-pyrrole nitrogens is 1. The quantitative estimate of drug-likeness (QED) is 0.883. The number of nitrogens with one attached hydrogen (secondary N) is 1. The molecule has 0 amide bonds. The Hall–Kier alpha value is -1.47. The van der Waals surface area contributed by atoms with Crippen LogP contribution in [0.15, 0.2) is 22.2 Å². The van der Waals surface area contributed by atoms with Gasteiger partial charge in [-0.25, -0.2) is 13.8 Å². The van der Waals surface area contributed by atoms with Crippen LogP contribution in [0.5, 0.6) is 0 Å². The third kappa shape index (κ3) is 2.62. The van der Waals surface area contributed by atoms with Crippen molar-refractivity contribution in [3.05, 3.63) is 35.2 Å². The molecule has 0 unspecified atom stereocenters. The zero-order valence-electron chi connectivity index (χ0n) is 8.87. The van der Waals surface area contributed by atoms with Crippen molar-refractivity contribution in [2.75, 3.05) is 0 Å². The van der Waals surface area contributed by atoms with Crippen LogP contribution < -0.4 is 0 Å². The van der Waals surface area contributed by atoms with Crippen LogP contribution in [0.25, 0.3) is 0 Å². The average Bonchev–Trinajstić information content (AvgIpc) is 2.69. The number of hydrogen-bond acceptors (Lipinski definition) is 4. The van der Waals surface area contributed by atoms with Crippen LogP contribution in [-0.2, 0) is 6.61 Å². The van der Waals surface area contributed by atoms with E-state index in [0.29, 0.717) is 5.82 Å². The zero-order chi connectivity index (χ0) is 12.4. The number of halogens is 2. The third-order valence-corrected chi connectivity index (χ3v) is 2.97. The van der Waals surface area contributed by atoms with Crippen molar-refractivity contribution < 1.29 is 13.9 Å². The van der Waals surface area contributed by atoms with E-state index in [1.807, 2.05) is 0 Å². The van der Waals surface area contributed by atoms with Gasteiger partial charge in [-0.2, -0.15) is 0 Å². The van der Waals surface area contributed by atoms with Gasteiger partial charge in [0.05, 0.1) is 11.5 Å². The molecule has 0 aliphatic heterocycles. The molecule has 4 nitrogen and oxygen atoms in total. The molecule has 0 bridgehead atoms. The van der Waals surface area contributed by atoms with E-state index in [4.69, 9.17) is 5.11 Å². The molecule has 0 saturated carbocycles. The number of aliphatic hydroxyl groups is 1. The van der Waals surface area contributed by atoms with E-state index in [1.54, 1.807) is 6.92 Å². The molecule has 1 heterocycles. The van der Waals surface area contributed by atoms with Crippen LogP contribution in [0.4, 0.5) is 8.78 Å². The Morgan fingerprint density at radius 3 is 2.47 bits per heavy atom. The number of aromatic amines is 1. The topological polar surface area (TPSA) is 61.8 Å². The summed E-state index contributed by atoms with van der Waals surface area (Å²) in [7, 11) is 0. The maximum atomic E-state index is 13.6. The summed E-state index contributed by atoms with van der Waals surface area (Å²) >= 11 is 0.796. The Balaban J connectivity index is 2.33. The van der Waals surface area contributed by atoms with E-state index in [1.165, 1.54) is 0 Å². The van der Waals surface area contributed by atoms with Crippen molar-refractivity contribution in [2.45, 2.75) is 23.6 Å². The highest BCUT2D eigenvalue weighted by atomic mass is 32.2. The van der Waals surface area contributed by atoms with Crippen LogP contribution >= 0.6 is 11.8 Å². The molecule has 2 N–H and O–H groups in total. The number of rotatable bonds is 3. The third-order valence-electron chi connectivity index (χ3n) is 2.01. The minimum absolute atomic E-state index is 0.179. The number of aryl methyl sites for hydroxylation is 1. The largest absolute Gasteiger partial charge is 0.392 e. The van der Waals surface area contributed by atoms with Gasteiger partial charge >= 0.3 is 0 Å². The minimum atomic E-state index is -0.735. The van der Waals surface area contributed by atoms with E-state index in [0.717, 1.165) is 23.9 Å². The van der Waals surface area contributed by atoms with Gasteiger partial charge in [0.2, 0.25) is 5.16 Å². The van der Waals surface area contributed by atoms with E-state index in [9.17, 15) is 8.78 Å². The molecule has 0 atom stereocenters. The highest BCUT2D eigenvalue weighted by molar-refractivity contribution is 7.99. The van der Waals surface area contributed by atoms with E-state index >= 15 is 0 Å². The molecular formula is C10H9F2N3OS.